The average molecular weight is 241 g/mol. The van der Waals surface area contributed by atoms with Crippen LogP contribution in [0.5, 0.6) is 5.75 Å². The monoisotopic (exact) mass is 241 g/mol. The highest BCUT2D eigenvalue weighted by Gasteiger charge is 2.19. The van der Waals surface area contributed by atoms with Crippen LogP contribution in [0, 0.1) is 0 Å². The van der Waals surface area contributed by atoms with E-state index in [0.717, 1.165) is 36.8 Å². The fourth-order valence-electron chi connectivity index (χ4n) is 2.18. The van der Waals surface area contributed by atoms with Crippen molar-refractivity contribution in [3.63, 3.8) is 0 Å². The van der Waals surface area contributed by atoms with Gasteiger partial charge in [0.1, 0.15) is 5.75 Å². The number of nitrogen functional groups attached to an aromatic ring is 1. The summed E-state index contributed by atoms with van der Waals surface area (Å²) in [5.41, 5.74) is 7.73. The molecule has 0 fully saturated rings. The number of hydrogen-bond acceptors (Lipinski definition) is 4. The summed E-state index contributed by atoms with van der Waals surface area (Å²) in [5.74, 6) is 1.69. The number of nitrogens with zero attached hydrogens (tertiary/aromatic N) is 2. The van der Waals surface area contributed by atoms with Gasteiger partial charge in [0, 0.05) is 12.7 Å². The van der Waals surface area contributed by atoms with E-state index in [2.05, 4.69) is 9.88 Å². The maximum absolute atomic E-state index is 6.01. The van der Waals surface area contributed by atoms with Gasteiger partial charge in [0.2, 0.25) is 0 Å². The van der Waals surface area contributed by atoms with Crippen molar-refractivity contribution in [3.05, 3.63) is 42.6 Å². The van der Waals surface area contributed by atoms with Crippen molar-refractivity contribution < 1.29 is 4.74 Å². The van der Waals surface area contributed by atoms with Crippen LogP contribution in [0.2, 0.25) is 0 Å². The lowest BCUT2D eigenvalue weighted by molar-refractivity contribution is 0.322. The molecule has 1 aromatic heterocycles. The largest absolute Gasteiger partial charge is 0.491 e. The van der Waals surface area contributed by atoms with E-state index in [9.17, 15) is 0 Å². The summed E-state index contributed by atoms with van der Waals surface area (Å²) in [4.78, 5) is 6.51. The fourth-order valence-corrected chi connectivity index (χ4v) is 2.18. The SMILES string of the molecule is Nc1cccnc1N1CCCOc2ccccc21. The van der Waals surface area contributed by atoms with Crippen molar-refractivity contribution in [2.75, 3.05) is 23.8 Å². The topological polar surface area (TPSA) is 51.4 Å². The number of ether oxygens (including phenoxy) is 1. The number of hydrogen-bond donors (Lipinski definition) is 1. The van der Waals surface area contributed by atoms with Crippen LogP contribution in [0.1, 0.15) is 6.42 Å². The van der Waals surface area contributed by atoms with Crippen LogP contribution in [-0.2, 0) is 0 Å². The summed E-state index contributed by atoms with van der Waals surface area (Å²) in [6.07, 6.45) is 2.71. The molecule has 0 saturated heterocycles. The van der Waals surface area contributed by atoms with E-state index in [1.165, 1.54) is 0 Å². The molecule has 0 aliphatic carbocycles. The fraction of sp³-hybridized carbons (Fsp3) is 0.214. The molecule has 0 bridgehead atoms. The zero-order valence-corrected chi connectivity index (χ0v) is 10.0. The summed E-state index contributed by atoms with van der Waals surface area (Å²) in [7, 11) is 0. The zero-order valence-electron chi connectivity index (χ0n) is 10.0. The molecule has 0 saturated carbocycles. The number of nitrogens with two attached hydrogens (primary N) is 1. The number of benzene rings is 1. The Balaban J connectivity index is 2.10. The summed E-state index contributed by atoms with van der Waals surface area (Å²) < 4.78 is 5.73. The molecule has 3 rings (SSSR count). The first kappa shape index (κ1) is 10.9. The third kappa shape index (κ3) is 1.86. The van der Waals surface area contributed by atoms with Crippen LogP contribution < -0.4 is 15.4 Å². The van der Waals surface area contributed by atoms with Crippen LogP contribution in [0.25, 0.3) is 0 Å². The van der Waals surface area contributed by atoms with Crippen LogP contribution in [0.4, 0.5) is 17.2 Å². The zero-order chi connectivity index (χ0) is 12.4. The van der Waals surface area contributed by atoms with E-state index < -0.39 is 0 Å². The summed E-state index contributed by atoms with van der Waals surface area (Å²) in [5, 5.41) is 0. The van der Waals surface area contributed by atoms with Gasteiger partial charge in [-0.25, -0.2) is 4.98 Å². The molecule has 92 valence electrons. The predicted octanol–water partition coefficient (Wildman–Crippen LogP) is 2.58. The highest BCUT2D eigenvalue weighted by atomic mass is 16.5. The Bertz CT molecular complexity index is 556. The maximum atomic E-state index is 6.01. The van der Waals surface area contributed by atoms with E-state index in [4.69, 9.17) is 10.5 Å². The van der Waals surface area contributed by atoms with E-state index in [1.54, 1.807) is 6.20 Å². The molecule has 0 spiro atoms. The second-order valence-corrected chi connectivity index (χ2v) is 4.24. The minimum Gasteiger partial charge on any atom is -0.491 e. The molecule has 1 aliphatic rings. The van der Waals surface area contributed by atoms with Crippen molar-refractivity contribution >= 4 is 17.2 Å². The van der Waals surface area contributed by atoms with Gasteiger partial charge in [0.15, 0.2) is 5.82 Å². The smallest absolute Gasteiger partial charge is 0.156 e. The molecule has 0 unspecified atom stereocenters. The Morgan fingerprint density at radius 3 is 2.94 bits per heavy atom. The molecule has 2 heterocycles. The lowest BCUT2D eigenvalue weighted by Crippen LogP contribution is -2.20. The summed E-state index contributed by atoms with van der Waals surface area (Å²) in [6, 6.07) is 11.7. The lowest BCUT2D eigenvalue weighted by atomic mass is 10.2. The lowest BCUT2D eigenvalue weighted by Gasteiger charge is -2.23. The second-order valence-electron chi connectivity index (χ2n) is 4.24. The third-order valence-corrected chi connectivity index (χ3v) is 3.01. The minimum atomic E-state index is 0.689. The molecule has 18 heavy (non-hydrogen) atoms. The van der Waals surface area contributed by atoms with Gasteiger partial charge in [-0.2, -0.15) is 0 Å². The predicted molar refractivity (Wildman–Crippen MR) is 72.2 cm³/mol. The first-order valence-corrected chi connectivity index (χ1v) is 6.06. The first-order chi connectivity index (χ1) is 8.86. The van der Waals surface area contributed by atoms with Crippen LogP contribution in [-0.4, -0.2) is 18.1 Å². The van der Waals surface area contributed by atoms with Crippen molar-refractivity contribution in [2.45, 2.75) is 6.42 Å². The highest BCUT2D eigenvalue weighted by molar-refractivity contribution is 5.74. The number of aromatic nitrogens is 1. The molecular weight excluding hydrogens is 226 g/mol. The average Bonchev–Trinajstić information content (AvgIpc) is 2.62. The van der Waals surface area contributed by atoms with Crippen LogP contribution >= 0.6 is 0 Å². The van der Waals surface area contributed by atoms with Crippen LogP contribution in [0.15, 0.2) is 42.6 Å². The molecule has 4 heteroatoms. The number of anilines is 3. The van der Waals surface area contributed by atoms with E-state index >= 15 is 0 Å². The van der Waals surface area contributed by atoms with Gasteiger partial charge in [-0.05, 0) is 30.7 Å². The van der Waals surface area contributed by atoms with Gasteiger partial charge in [0.05, 0.1) is 18.0 Å². The van der Waals surface area contributed by atoms with Gasteiger partial charge in [-0.3, -0.25) is 0 Å². The third-order valence-electron chi connectivity index (χ3n) is 3.01. The van der Waals surface area contributed by atoms with Gasteiger partial charge in [-0.1, -0.05) is 12.1 Å². The Labute approximate surface area is 106 Å². The van der Waals surface area contributed by atoms with Crippen molar-refractivity contribution in [3.8, 4) is 5.75 Å². The van der Waals surface area contributed by atoms with Crippen molar-refractivity contribution in [2.24, 2.45) is 0 Å². The second kappa shape index (κ2) is 4.56. The van der Waals surface area contributed by atoms with E-state index in [-0.39, 0.29) is 0 Å². The van der Waals surface area contributed by atoms with Crippen molar-refractivity contribution in [1.29, 1.82) is 0 Å². The molecule has 0 radical (unpaired) electrons. The molecule has 1 aromatic carbocycles. The van der Waals surface area contributed by atoms with Gasteiger partial charge in [-0.15, -0.1) is 0 Å². The van der Waals surface area contributed by atoms with E-state index in [0.29, 0.717) is 5.69 Å². The minimum absolute atomic E-state index is 0.689. The molecule has 0 amide bonds. The number of para-hydroxylation sites is 2. The van der Waals surface area contributed by atoms with Gasteiger partial charge >= 0.3 is 0 Å². The Morgan fingerprint density at radius 1 is 1.17 bits per heavy atom. The standard InChI is InChI=1S/C14H15N3O/c15-11-5-3-8-16-14(11)17-9-4-10-18-13-7-2-1-6-12(13)17/h1-3,5-8H,4,9-10,15H2. The molecule has 0 atom stereocenters. The maximum Gasteiger partial charge on any atom is 0.156 e. The van der Waals surface area contributed by atoms with Crippen molar-refractivity contribution in [1.82, 2.24) is 4.98 Å². The Hall–Kier alpha value is -2.23. The summed E-state index contributed by atoms with van der Waals surface area (Å²) >= 11 is 0. The normalized spacial score (nSPS) is 14.6. The molecule has 2 aromatic rings. The number of rotatable bonds is 1. The molecule has 1 aliphatic heterocycles. The van der Waals surface area contributed by atoms with Gasteiger partial charge in [0.25, 0.3) is 0 Å². The Morgan fingerprint density at radius 2 is 2.06 bits per heavy atom. The molecule has 2 N–H and O–H groups in total. The molecule has 4 nitrogen and oxygen atoms in total. The highest BCUT2D eigenvalue weighted by Crippen LogP contribution is 2.36. The molecular formula is C14H15N3O. The Kier molecular flexibility index (Phi) is 2.76. The number of fused-ring (bicyclic) bond motifs is 1. The summed E-state index contributed by atoms with van der Waals surface area (Å²) in [6.45, 7) is 1.58. The van der Waals surface area contributed by atoms with Crippen LogP contribution in [0.3, 0.4) is 0 Å². The van der Waals surface area contributed by atoms with Gasteiger partial charge < -0.3 is 15.4 Å². The quantitative estimate of drug-likeness (QED) is 0.833. The van der Waals surface area contributed by atoms with E-state index in [1.807, 2.05) is 36.4 Å². The number of pyridine rings is 1. The first-order valence-electron chi connectivity index (χ1n) is 6.06.